The van der Waals surface area contributed by atoms with Gasteiger partial charge in [0.25, 0.3) is 5.91 Å². The number of anilines is 1. The summed E-state index contributed by atoms with van der Waals surface area (Å²) >= 11 is 0. The molecule has 6 heteroatoms. The Balaban J connectivity index is 1.52. The molecule has 5 nitrogen and oxygen atoms in total. The van der Waals surface area contributed by atoms with Crippen LogP contribution in [0.15, 0.2) is 83.3 Å². The molecule has 0 radical (unpaired) electrons. The predicted molar refractivity (Wildman–Crippen MR) is 134 cm³/mol. The highest BCUT2D eigenvalue weighted by molar-refractivity contribution is 5.94. The van der Waals surface area contributed by atoms with Gasteiger partial charge in [-0.1, -0.05) is 41.7 Å². The molecular weight excluding hydrogens is 445 g/mol. The van der Waals surface area contributed by atoms with E-state index in [0.29, 0.717) is 12.2 Å². The molecule has 1 unspecified atom stereocenters. The van der Waals surface area contributed by atoms with Gasteiger partial charge in [-0.05, 0) is 60.5 Å². The van der Waals surface area contributed by atoms with Gasteiger partial charge in [-0.3, -0.25) is 4.79 Å². The van der Waals surface area contributed by atoms with Crippen molar-refractivity contribution in [1.82, 2.24) is 0 Å². The van der Waals surface area contributed by atoms with Gasteiger partial charge in [0.2, 0.25) is 0 Å². The second-order valence-corrected chi connectivity index (χ2v) is 8.13. The van der Waals surface area contributed by atoms with Crippen molar-refractivity contribution in [2.24, 2.45) is 5.92 Å². The predicted octanol–water partition coefficient (Wildman–Crippen LogP) is 6.68. The Morgan fingerprint density at radius 2 is 1.71 bits per heavy atom. The SMILES string of the molecule is CCC#CCC(Cc1ccc(C(=O)O)cc1)C(=O)N(F)c1ccc(-c2cc3ccccc3o2)cc1. The topological polar surface area (TPSA) is 70.8 Å². The molecule has 0 aliphatic rings. The van der Waals surface area contributed by atoms with E-state index in [1.807, 2.05) is 37.3 Å². The molecule has 176 valence electrons. The van der Waals surface area contributed by atoms with E-state index in [1.165, 1.54) is 24.3 Å². The maximum atomic E-state index is 15.2. The number of hydrogen-bond donors (Lipinski definition) is 1. The Morgan fingerprint density at radius 1 is 1.00 bits per heavy atom. The van der Waals surface area contributed by atoms with E-state index in [-0.39, 0.29) is 29.2 Å². The molecule has 0 aliphatic carbocycles. The van der Waals surface area contributed by atoms with Crippen LogP contribution in [0.5, 0.6) is 0 Å². The number of furan rings is 1. The molecular formula is C29H24FNO4. The fourth-order valence-corrected chi connectivity index (χ4v) is 3.80. The number of hydrogen-bond acceptors (Lipinski definition) is 3. The molecule has 0 fully saturated rings. The van der Waals surface area contributed by atoms with Crippen LogP contribution in [0.3, 0.4) is 0 Å². The quantitative estimate of drug-likeness (QED) is 0.242. The Kier molecular flexibility index (Phi) is 7.27. The van der Waals surface area contributed by atoms with E-state index in [0.717, 1.165) is 22.1 Å². The van der Waals surface area contributed by atoms with Crippen LogP contribution < -0.4 is 5.12 Å². The van der Waals surface area contributed by atoms with Crippen LogP contribution in [0.4, 0.5) is 10.2 Å². The van der Waals surface area contributed by atoms with E-state index < -0.39 is 17.8 Å². The second-order valence-electron chi connectivity index (χ2n) is 8.13. The third-order valence-corrected chi connectivity index (χ3v) is 5.68. The number of nitrogens with zero attached hydrogens (tertiary/aromatic N) is 1. The standard InChI is InChI=1S/C29H24FNO4/c1-2-3-4-8-24(18-20-10-12-22(13-11-20)29(33)34)28(32)31(30)25-16-14-21(15-17-25)27-19-23-7-5-6-9-26(23)35-27/h5-7,9-17,19,24H,2,8,18H2,1H3,(H,33,34). The molecule has 0 saturated heterocycles. The fraction of sp³-hybridized carbons (Fsp3) is 0.172. The lowest BCUT2D eigenvalue weighted by Gasteiger charge is -2.19. The van der Waals surface area contributed by atoms with E-state index in [1.54, 1.807) is 24.3 Å². The van der Waals surface area contributed by atoms with Crippen molar-refractivity contribution in [3.63, 3.8) is 0 Å². The highest BCUT2D eigenvalue weighted by Crippen LogP contribution is 2.30. The first-order chi connectivity index (χ1) is 17.0. The maximum absolute atomic E-state index is 15.2. The van der Waals surface area contributed by atoms with Gasteiger partial charge in [0.1, 0.15) is 11.3 Å². The van der Waals surface area contributed by atoms with Crippen LogP contribution in [-0.2, 0) is 11.2 Å². The van der Waals surface area contributed by atoms with E-state index >= 15 is 4.48 Å². The molecule has 0 saturated carbocycles. The monoisotopic (exact) mass is 469 g/mol. The Bertz CT molecular complexity index is 1360. The summed E-state index contributed by atoms with van der Waals surface area (Å²) in [4.78, 5) is 24.1. The van der Waals surface area contributed by atoms with Gasteiger partial charge in [0, 0.05) is 23.8 Å². The zero-order valence-corrected chi connectivity index (χ0v) is 19.2. The van der Waals surface area contributed by atoms with Crippen molar-refractivity contribution >= 4 is 28.5 Å². The van der Waals surface area contributed by atoms with Gasteiger partial charge >= 0.3 is 5.97 Å². The third kappa shape index (κ3) is 5.59. The molecule has 4 aromatic rings. The second kappa shape index (κ2) is 10.7. The summed E-state index contributed by atoms with van der Waals surface area (Å²) in [6.07, 6.45) is 1.08. The number of fused-ring (bicyclic) bond motifs is 1. The van der Waals surface area contributed by atoms with Gasteiger partial charge in [-0.15, -0.1) is 17.0 Å². The molecule has 0 bridgehead atoms. The molecule has 1 N–H and O–H groups in total. The fourth-order valence-electron chi connectivity index (χ4n) is 3.80. The first-order valence-electron chi connectivity index (χ1n) is 11.3. The van der Waals surface area contributed by atoms with Gasteiger partial charge in [0.05, 0.1) is 17.2 Å². The number of para-hydroxylation sites is 1. The zero-order chi connectivity index (χ0) is 24.8. The first-order valence-corrected chi connectivity index (χ1v) is 11.3. The molecule has 0 spiro atoms. The number of carbonyl (C=O) groups excluding carboxylic acids is 1. The van der Waals surface area contributed by atoms with Crippen LogP contribution in [0.2, 0.25) is 0 Å². The van der Waals surface area contributed by atoms with E-state index in [9.17, 15) is 9.59 Å². The van der Waals surface area contributed by atoms with Gasteiger partial charge in [0.15, 0.2) is 0 Å². The number of amides is 1. The van der Waals surface area contributed by atoms with Crippen molar-refractivity contribution in [2.45, 2.75) is 26.2 Å². The average molecular weight is 470 g/mol. The molecule has 1 atom stereocenters. The normalized spacial score (nSPS) is 11.5. The van der Waals surface area contributed by atoms with Crippen molar-refractivity contribution in [3.05, 3.63) is 90.0 Å². The Labute approximate surface area is 202 Å². The number of carboxylic acids is 1. The maximum Gasteiger partial charge on any atom is 0.335 e. The summed E-state index contributed by atoms with van der Waals surface area (Å²) in [6.45, 7) is 1.90. The zero-order valence-electron chi connectivity index (χ0n) is 19.2. The minimum atomic E-state index is -1.03. The highest BCUT2D eigenvalue weighted by atomic mass is 19.2. The molecule has 0 aliphatic heterocycles. The summed E-state index contributed by atoms with van der Waals surface area (Å²) in [7, 11) is 0. The van der Waals surface area contributed by atoms with E-state index in [2.05, 4.69) is 11.8 Å². The Hall–Kier alpha value is -4.37. The summed E-state index contributed by atoms with van der Waals surface area (Å²) in [5.41, 5.74) is 2.54. The van der Waals surface area contributed by atoms with Gasteiger partial charge < -0.3 is 9.52 Å². The Morgan fingerprint density at radius 3 is 2.37 bits per heavy atom. The molecule has 3 aromatic carbocycles. The minimum Gasteiger partial charge on any atom is -0.478 e. The van der Waals surface area contributed by atoms with Gasteiger partial charge in [-0.25, -0.2) is 4.79 Å². The van der Waals surface area contributed by atoms with E-state index in [4.69, 9.17) is 9.52 Å². The average Bonchev–Trinajstić information content (AvgIpc) is 3.32. The van der Waals surface area contributed by atoms with Crippen molar-refractivity contribution in [2.75, 3.05) is 5.12 Å². The number of carbonyl (C=O) groups is 2. The first kappa shape index (κ1) is 23.8. The molecule has 35 heavy (non-hydrogen) atoms. The van der Waals surface area contributed by atoms with Gasteiger partial charge in [-0.2, -0.15) is 0 Å². The summed E-state index contributed by atoms with van der Waals surface area (Å²) < 4.78 is 21.1. The van der Waals surface area contributed by atoms with Crippen molar-refractivity contribution in [3.8, 4) is 23.2 Å². The molecule has 1 aromatic heterocycles. The molecule has 1 heterocycles. The number of rotatable bonds is 7. The number of halogens is 1. The largest absolute Gasteiger partial charge is 0.478 e. The van der Waals surface area contributed by atoms with Crippen LogP contribution in [0.25, 0.3) is 22.3 Å². The summed E-state index contributed by atoms with van der Waals surface area (Å²) in [5.74, 6) is 4.09. The summed E-state index contributed by atoms with van der Waals surface area (Å²) in [6, 6.07) is 22.3. The number of carboxylic acid groups (broad SMARTS) is 1. The summed E-state index contributed by atoms with van der Waals surface area (Å²) in [5, 5.41) is 10.2. The lowest BCUT2D eigenvalue weighted by molar-refractivity contribution is -0.125. The minimum absolute atomic E-state index is 0.115. The van der Waals surface area contributed by atoms with Crippen LogP contribution in [0, 0.1) is 17.8 Å². The van der Waals surface area contributed by atoms with Crippen LogP contribution in [-0.4, -0.2) is 17.0 Å². The molecule has 1 amide bonds. The number of benzene rings is 3. The van der Waals surface area contributed by atoms with Crippen molar-refractivity contribution in [1.29, 1.82) is 0 Å². The smallest absolute Gasteiger partial charge is 0.335 e. The molecule has 4 rings (SSSR count). The third-order valence-electron chi connectivity index (χ3n) is 5.68. The highest BCUT2D eigenvalue weighted by Gasteiger charge is 2.26. The number of aromatic carboxylic acids is 1. The lowest BCUT2D eigenvalue weighted by Crippen LogP contribution is -2.31. The van der Waals surface area contributed by atoms with Crippen LogP contribution >= 0.6 is 0 Å². The lowest BCUT2D eigenvalue weighted by atomic mass is 9.94. The van der Waals surface area contributed by atoms with Crippen molar-refractivity contribution < 1.29 is 23.6 Å². The van der Waals surface area contributed by atoms with Crippen LogP contribution in [0.1, 0.15) is 35.7 Å².